The molecule has 0 amide bonds. The van der Waals surface area contributed by atoms with Crippen molar-refractivity contribution >= 4 is 19.7 Å². The molecule has 3 aromatic rings. The van der Waals surface area contributed by atoms with Gasteiger partial charge in [-0.25, -0.2) is 9.48 Å². The Kier molecular flexibility index (Phi) is 9.62. The molecule has 9 nitrogen and oxygen atoms in total. The molecule has 2 heterocycles. The van der Waals surface area contributed by atoms with Crippen molar-refractivity contribution in [3.05, 3.63) is 81.3 Å². The fraction of sp³-hybridized carbons (Fsp3) is 0.414. The maximum Gasteiger partial charge on any atom is 0.423 e. The van der Waals surface area contributed by atoms with Crippen LogP contribution >= 0.6 is 0 Å². The third-order valence-corrected chi connectivity index (χ3v) is 8.39. The lowest BCUT2D eigenvalue weighted by molar-refractivity contribution is -0.138. The Hall–Kier alpha value is -3.84. The molecule has 4 rings (SSSR count). The molecule has 0 atom stereocenters. The maximum atomic E-state index is 14.2. The van der Waals surface area contributed by atoms with Crippen molar-refractivity contribution < 1.29 is 36.9 Å². The number of rotatable bonds is 12. The topological polar surface area (TPSA) is 92.1 Å². The van der Waals surface area contributed by atoms with Gasteiger partial charge < -0.3 is 23.8 Å². The van der Waals surface area contributed by atoms with Crippen molar-refractivity contribution in [1.82, 2.24) is 9.78 Å². The third-order valence-electron chi connectivity index (χ3n) is 6.68. The number of hydrogen-bond donors (Lipinski definition) is 0. The van der Waals surface area contributed by atoms with Crippen molar-refractivity contribution in [2.45, 2.75) is 51.7 Å². The van der Waals surface area contributed by atoms with Crippen LogP contribution in [0.5, 0.6) is 11.5 Å². The Bertz CT molecular complexity index is 1450. The quantitative estimate of drug-likeness (QED) is 0.155. The van der Waals surface area contributed by atoms with Crippen LogP contribution in [0.15, 0.2) is 53.5 Å². The van der Waals surface area contributed by atoms with E-state index in [2.05, 4.69) is 29.5 Å². The predicted octanol–water partition coefficient (Wildman–Crippen LogP) is 5.34. The molecule has 1 aromatic heterocycles. The Morgan fingerprint density at radius 3 is 2.38 bits per heavy atom. The standard InChI is InChI=1S/C29H34F3N3O6Si/c1-38-28(37)20-8-10-22(11-9-20)40-12-13-41-25-7-5-6-21-17-34(18-23(21)25)24-16-33-35(19-39-14-15-42(2,3)4)27(36)26(24)29(30,31)32/h5-11,16H,12-15,17-19H2,1-4H3. The number of esters is 1. The number of carbonyl (C=O) groups is 1. The largest absolute Gasteiger partial charge is 0.490 e. The van der Waals surface area contributed by atoms with Gasteiger partial charge in [0.15, 0.2) is 0 Å². The summed E-state index contributed by atoms with van der Waals surface area (Å²) in [6.07, 6.45) is -3.80. The van der Waals surface area contributed by atoms with Crippen LogP contribution < -0.4 is 19.9 Å². The van der Waals surface area contributed by atoms with Crippen LogP contribution in [-0.2, 0) is 35.5 Å². The second kappa shape index (κ2) is 13.0. The highest BCUT2D eigenvalue weighted by Crippen LogP contribution is 2.39. The summed E-state index contributed by atoms with van der Waals surface area (Å²) in [5.41, 5.74) is -0.875. The molecule has 0 N–H and O–H groups in total. The van der Waals surface area contributed by atoms with E-state index in [0.717, 1.165) is 28.0 Å². The zero-order valence-corrected chi connectivity index (χ0v) is 25.0. The average Bonchev–Trinajstić information content (AvgIpc) is 3.38. The van der Waals surface area contributed by atoms with Gasteiger partial charge in [0.1, 0.15) is 37.0 Å². The first-order valence-electron chi connectivity index (χ1n) is 13.4. The van der Waals surface area contributed by atoms with Crippen molar-refractivity contribution in [1.29, 1.82) is 0 Å². The molecule has 226 valence electrons. The molecule has 0 fully saturated rings. The van der Waals surface area contributed by atoms with E-state index in [1.165, 1.54) is 12.0 Å². The van der Waals surface area contributed by atoms with Crippen LogP contribution in [0.3, 0.4) is 0 Å². The number of carbonyl (C=O) groups excluding carboxylic acids is 1. The summed E-state index contributed by atoms with van der Waals surface area (Å²) in [5.74, 6) is 0.613. The molecule has 1 aliphatic rings. The molecule has 0 spiro atoms. The van der Waals surface area contributed by atoms with Crippen LogP contribution in [-0.4, -0.2) is 50.8 Å². The molecular formula is C29H34F3N3O6Si. The van der Waals surface area contributed by atoms with E-state index in [9.17, 15) is 22.8 Å². The number of ether oxygens (including phenoxy) is 4. The molecule has 1 aliphatic heterocycles. The number of fused-ring (bicyclic) bond motifs is 1. The fourth-order valence-electron chi connectivity index (χ4n) is 4.42. The summed E-state index contributed by atoms with van der Waals surface area (Å²) in [7, 11) is -0.0920. The van der Waals surface area contributed by atoms with Crippen molar-refractivity contribution in [3.63, 3.8) is 0 Å². The molecule has 0 bridgehead atoms. The van der Waals surface area contributed by atoms with Gasteiger partial charge in [-0.3, -0.25) is 4.79 Å². The number of benzene rings is 2. The van der Waals surface area contributed by atoms with Gasteiger partial charge in [0.25, 0.3) is 5.56 Å². The van der Waals surface area contributed by atoms with E-state index in [0.29, 0.717) is 23.7 Å². The second-order valence-corrected chi connectivity index (χ2v) is 16.6. The third kappa shape index (κ3) is 7.71. The highest BCUT2D eigenvalue weighted by Gasteiger charge is 2.40. The molecule has 13 heteroatoms. The number of methoxy groups -OCH3 is 1. The Morgan fingerprint density at radius 2 is 1.71 bits per heavy atom. The van der Waals surface area contributed by atoms with Gasteiger partial charge in [-0.2, -0.15) is 18.3 Å². The lowest BCUT2D eigenvalue weighted by Crippen LogP contribution is -2.34. The summed E-state index contributed by atoms with van der Waals surface area (Å²) in [6, 6.07) is 12.6. The smallest absolute Gasteiger partial charge is 0.423 e. The zero-order valence-electron chi connectivity index (χ0n) is 24.0. The lowest BCUT2D eigenvalue weighted by Gasteiger charge is -2.22. The first-order chi connectivity index (χ1) is 19.9. The molecule has 0 radical (unpaired) electrons. The summed E-state index contributed by atoms with van der Waals surface area (Å²) >= 11 is 0. The van der Waals surface area contributed by atoms with E-state index in [1.807, 2.05) is 6.07 Å². The molecule has 42 heavy (non-hydrogen) atoms. The minimum atomic E-state index is -4.88. The Morgan fingerprint density at radius 1 is 1.00 bits per heavy atom. The van der Waals surface area contributed by atoms with Crippen molar-refractivity contribution in [2.75, 3.05) is 31.8 Å². The highest BCUT2D eigenvalue weighted by atomic mass is 28.3. The van der Waals surface area contributed by atoms with Gasteiger partial charge in [-0.15, -0.1) is 0 Å². The van der Waals surface area contributed by atoms with Crippen LogP contribution in [0.1, 0.15) is 27.0 Å². The predicted molar refractivity (Wildman–Crippen MR) is 153 cm³/mol. The number of halogens is 3. The number of anilines is 1. The maximum absolute atomic E-state index is 14.2. The first kappa shape index (κ1) is 31.1. The first-order valence-corrected chi connectivity index (χ1v) is 17.1. The Labute approximate surface area is 242 Å². The van der Waals surface area contributed by atoms with E-state index in [1.54, 1.807) is 36.4 Å². The number of nitrogens with zero attached hydrogens (tertiary/aromatic N) is 3. The minimum absolute atomic E-state index is 0.113. The van der Waals surface area contributed by atoms with E-state index < -0.39 is 31.3 Å². The van der Waals surface area contributed by atoms with Crippen LogP contribution in [0.2, 0.25) is 25.7 Å². The van der Waals surface area contributed by atoms with Gasteiger partial charge in [-0.05, 0) is 41.9 Å². The number of aromatic nitrogens is 2. The molecule has 2 aromatic carbocycles. The van der Waals surface area contributed by atoms with Gasteiger partial charge in [0.2, 0.25) is 0 Å². The molecule has 0 saturated heterocycles. The number of hydrogen-bond acceptors (Lipinski definition) is 8. The molecular weight excluding hydrogens is 571 g/mol. The Balaban J connectivity index is 1.42. The monoisotopic (exact) mass is 605 g/mol. The SMILES string of the molecule is COC(=O)c1ccc(OCCOc2cccc3c2CN(c2cnn(COCC[Si](C)(C)C)c(=O)c2C(F)(F)F)C3)cc1. The van der Waals surface area contributed by atoms with Gasteiger partial charge >= 0.3 is 12.1 Å². The van der Waals surface area contributed by atoms with Gasteiger partial charge in [0.05, 0.1) is 24.6 Å². The van der Waals surface area contributed by atoms with Crippen LogP contribution in [0, 0.1) is 0 Å². The molecule has 0 aliphatic carbocycles. The minimum Gasteiger partial charge on any atom is -0.490 e. The summed E-state index contributed by atoms with van der Waals surface area (Å²) in [4.78, 5) is 25.9. The fourth-order valence-corrected chi connectivity index (χ4v) is 5.18. The van der Waals surface area contributed by atoms with Gasteiger partial charge in [0, 0.05) is 33.3 Å². The van der Waals surface area contributed by atoms with Crippen LogP contribution in [0.25, 0.3) is 0 Å². The zero-order chi connectivity index (χ0) is 30.5. The average molecular weight is 606 g/mol. The molecule has 0 saturated carbocycles. The van der Waals surface area contributed by atoms with E-state index in [4.69, 9.17) is 14.2 Å². The number of alkyl halides is 3. The van der Waals surface area contributed by atoms with Crippen molar-refractivity contribution in [2.24, 2.45) is 0 Å². The van der Waals surface area contributed by atoms with Crippen LogP contribution in [0.4, 0.5) is 18.9 Å². The van der Waals surface area contributed by atoms with E-state index in [-0.39, 0.29) is 38.7 Å². The summed E-state index contributed by atoms with van der Waals surface area (Å²) < 4.78 is 64.9. The normalized spacial score (nSPS) is 13.2. The highest BCUT2D eigenvalue weighted by molar-refractivity contribution is 6.76. The summed E-state index contributed by atoms with van der Waals surface area (Å²) in [6.45, 7) is 7.13. The van der Waals surface area contributed by atoms with Crippen molar-refractivity contribution in [3.8, 4) is 11.5 Å². The van der Waals surface area contributed by atoms with Gasteiger partial charge in [-0.1, -0.05) is 31.8 Å². The lowest BCUT2D eigenvalue weighted by atomic mass is 10.1. The summed E-state index contributed by atoms with van der Waals surface area (Å²) in [5, 5.41) is 4.00. The van der Waals surface area contributed by atoms with E-state index >= 15 is 0 Å². The second-order valence-electron chi connectivity index (χ2n) is 11.0. The molecule has 0 unspecified atom stereocenters.